The van der Waals surface area contributed by atoms with Gasteiger partial charge in [0.1, 0.15) is 16.7 Å². The Morgan fingerprint density at radius 2 is 1.71 bits per heavy atom. The van der Waals surface area contributed by atoms with Crippen LogP contribution in [-0.2, 0) is 9.53 Å². The third kappa shape index (κ3) is 4.63. The molecule has 0 radical (unpaired) electrons. The quantitative estimate of drug-likeness (QED) is 0.541. The molecule has 4 rings (SSSR count). The number of benzene rings is 2. The average Bonchev–Trinajstić information content (AvgIpc) is 3.31. The maximum absolute atomic E-state index is 13.0. The van der Waals surface area contributed by atoms with Crippen molar-refractivity contribution in [3.63, 3.8) is 0 Å². The standard InChI is InChI=1S/C23H22ClN3O3S/c1-30-23(29)20(17-9-5-6-10-18(17)24)26-11-13-27(14-12-26)22(28)19-15-31-21(25-19)16-7-3-2-4-8-16/h2-10,15,20H,11-14H2,1H3. The summed E-state index contributed by atoms with van der Waals surface area (Å²) in [5, 5.41) is 3.15. The fourth-order valence-corrected chi connectivity index (χ4v) is 4.75. The number of esters is 1. The Morgan fingerprint density at radius 3 is 2.39 bits per heavy atom. The topological polar surface area (TPSA) is 62.7 Å². The van der Waals surface area contributed by atoms with E-state index in [4.69, 9.17) is 16.3 Å². The number of carbonyl (C=O) groups excluding carboxylic acids is 2. The zero-order valence-electron chi connectivity index (χ0n) is 17.0. The number of hydrogen-bond acceptors (Lipinski definition) is 6. The molecule has 1 amide bonds. The van der Waals surface area contributed by atoms with Crippen LogP contribution in [0.25, 0.3) is 10.6 Å². The molecule has 1 aliphatic heterocycles. The van der Waals surface area contributed by atoms with Gasteiger partial charge in [-0.05, 0) is 11.6 Å². The Kier molecular flexibility index (Phi) is 6.65. The average molecular weight is 456 g/mol. The molecular weight excluding hydrogens is 434 g/mol. The molecule has 0 N–H and O–H groups in total. The number of thiazole rings is 1. The fraction of sp³-hybridized carbons (Fsp3) is 0.261. The molecule has 0 spiro atoms. The summed E-state index contributed by atoms with van der Waals surface area (Å²) in [7, 11) is 1.37. The Labute approximate surface area is 190 Å². The molecule has 0 bridgehead atoms. The summed E-state index contributed by atoms with van der Waals surface area (Å²) >= 11 is 7.81. The van der Waals surface area contributed by atoms with Gasteiger partial charge in [0.15, 0.2) is 0 Å². The normalized spacial score (nSPS) is 15.5. The molecule has 1 atom stereocenters. The highest BCUT2D eigenvalue weighted by molar-refractivity contribution is 7.13. The number of piperazine rings is 1. The Balaban J connectivity index is 1.45. The van der Waals surface area contributed by atoms with Crippen molar-refractivity contribution in [3.8, 4) is 10.6 Å². The molecule has 1 unspecified atom stereocenters. The van der Waals surface area contributed by atoms with Gasteiger partial charge in [-0.2, -0.15) is 0 Å². The number of amides is 1. The smallest absolute Gasteiger partial charge is 0.327 e. The third-order valence-corrected chi connectivity index (χ3v) is 6.57. The van der Waals surface area contributed by atoms with Crippen molar-refractivity contribution in [1.82, 2.24) is 14.8 Å². The van der Waals surface area contributed by atoms with E-state index in [-0.39, 0.29) is 11.9 Å². The van der Waals surface area contributed by atoms with Crippen LogP contribution in [0.15, 0.2) is 60.0 Å². The Morgan fingerprint density at radius 1 is 1.03 bits per heavy atom. The number of hydrogen-bond donors (Lipinski definition) is 0. The van der Waals surface area contributed by atoms with E-state index in [1.54, 1.807) is 16.3 Å². The predicted molar refractivity (Wildman–Crippen MR) is 121 cm³/mol. The van der Waals surface area contributed by atoms with Gasteiger partial charge in [-0.15, -0.1) is 11.3 Å². The predicted octanol–water partition coefficient (Wildman–Crippen LogP) is 4.14. The van der Waals surface area contributed by atoms with E-state index in [2.05, 4.69) is 4.98 Å². The molecule has 1 aliphatic rings. The van der Waals surface area contributed by atoms with Gasteiger partial charge in [-0.1, -0.05) is 60.1 Å². The monoisotopic (exact) mass is 455 g/mol. The number of carbonyl (C=O) groups is 2. The third-order valence-electron chi connectivity index (χ3n) is 5.33. The van der Waals surface area contributed by atoms with Gasteiger partial charge in [0, 0.05) is 42.1 Å². The highest BCUT2D eigenvalue weighted by atomic mass is 35.5. The van der Waals surface area contributed by atoms with E-state index < -0.39 is 6.04 Å². The molecule has 2 heterocycles. The molecule has 1 aromatic heterocycles. The largest absolute Gasteiger partial charge is 0.468 e. The first-order valence-corrected chi connectivity index (χ1v) is 11.2. The van der Waals surface area contributed by atoms with Gasteiger partial charge >= 0.3 is 5.97 Å². The number of aromatic nitrogens is 1. The molecule has 0 saturated carbocycles. The highest BCUT2D eigenvalue weighted by Gasteiger charge is 2.34. The van der Waals surface area contributed by atoms with E-state index in [9.17, 15) is 9.59 Å². The van der Waals surface area contributed by atoms with Crippen molar-refractivity contribution in [2.24, 2.45) is 0 Å². The molecule has 3 aromatic rings. The molecule has 1 fully saturated rings. The fourth-order valence-electron chi connectivity index (χ4n) is 3.71. The summed E-state index contributed by atoms with van der Waals surface area (Å²) in [6, 6.07) is 16.5. The summed E-state index contributed by atoms with van der Waals surface area (Å²) < 4.78 is 5.03. The maximum atomic E-state index is 13.0. The van der Waals surface area contributed by atoms with Crippen LogP contribution in [0.2, 0.25) is 5.02 Å². The lowest BCUT2D eigenvalue weighted by Crippen LogP contribution is -2.51. The molecule has 0 aliphatic carbocycles. The van der Waals surface area contributed by atoms with Crippen LogP contribution < -0.4 is 0 Å². The number of nitrogens with zero attached hydrogens (tertiary/aromatic N) is 3. The van der Waals surface area contributed by atoms with E-state index in [0.29, 0.717) is 42.5 Å². The molecule has 8 heteroatoms. The van der Waals surface area contributed by atoms with Crippen LogP contribution in [0, 0.1) is 0 Å². The summed E-state index contributed by atoms with van der Waals surface area (Å²) in [6.45, 7) is 2.06. The zero-order chi connectivity index (χ0) is 21.8. The van der Waals surface area contributed by atoms with Gasteiger partial charge < -0.3 is 9.64 Å². The molecule has 2 aromatic carbocycles. The van der Waals surface area contributed by atoms with Gasteiger partial charge in [0.25, 0.3) is 5.91 Å². The first-order valence-electron chi connectivity index (χ1n) is 9.95. The van der Waals surface area contributed by atoms with Crippen LogP contribution >= 0.6 is 22.9 Å². The lowest BCUT2D eigenvalue weighted by Gasteiger charge is -2.38. The zero-order valence-corrected chi connectivity index (χ0v) is 18.6. The van der Waals surface area contributed by atoms with E-state index >= 15 is 0 Å². The Hall–Kier alpha value is -2.74. The first-order chi connectivity index (χ1) is 15.1. The van der Waals surface area contributed by atoms with Gasteiger partial charge in [-0.3, -0.25) is 9.69 Å². The van der Waals surface area contributed by atoms with Crippen molar-refractivity contribution in [2.75, 3.05) is 33.3 Å². The summed E-state index contributed by atoms with van der Waals surface area (Å²) in [6.07, 6.45) is 0. The maximum Gasteiger partial charge on any atom is 0.327 e. The van der Waals surface area contributed by atoms with Crippen LogP contribution in [-0.4, -0.2) is 59.9 Å². The SMILES string of the molecule is COC(=O)C(c1ccccc1Cl)N1CCN(C(=O)c2csc(-c3ccccc3)n2)CC1. The second-order valence-electron chi connectivity index (χ2n) is 7.18. The Bertz CT molecular complexity index is 1060. The molecule has 160 valence electrons. The minimum atomic E-state index is -0.597. The molecule has 1 saturated heterocycles. The van der Waals surface area contributed by atoms with Crippen molar-refractivity contribution in [3.05, 3.63) is 76.3 Å². The second-order valence-corrected chi connectivity index (χ2v) is 8.44. The number of ether oxygens (including phenoxy) is 1. The van der Waals surface area contributed by atoms with Crippen molar-refractivity contribution < 1.29 is 14.3 Å². The van der Waals surface area contributed by atoms with Crippen molar-refractivity contribution >= 4 is 34.8 Å². The van der Waals surface area contributed by atoms with Crippen molar-refractivity contribution in [1.29, 1.82) is 0 Å². The van der Waals surface area contributed by atoms with E-state index in [1.165, 1.54) is 18.4 Å². The van der Waals surface area contributed by atoms with Crippen LogP contribution in [0.4, 0.5) is 0 Å². The summed E-state index contributed by atoms with van der Waals surface area (Å²) in [5.74, 6) is -0.453. The lowest BCUT2D eigenvalue weighted by atomic mass is 10.0. The van der Waals surface area contributed by atoms with Crippen LogP contribution in [0.1, 0.15) is 22.1 Å². The number of halogens is 1. The van der Waals surface area contributed by atoms with Crippen LogP contribution in [0.5, 0.6) is 0 Å². The number of rotatable bonds is 5. The van der Waals surface area contributed by atoms with E-state index in [0.717, 1.165) is 10.6 Å². The van der Waals surface area contributed by atoms with Crippen molar-refractivity contribution in [2.45, 2.75) is 6.04 Å². The van der Waals surface area contributed by atoms with Gasteiger partial charge in [-0.25, -0.2) is 9.78 Å². The first kappa shape index (κ1) is 21.5. The van der Waals surface area contributed by atoms with Gasteiger partial charge in [0.2, 0.25) is 0 Å². The van der Waals surface area contributed by atoms with Gasteiger partial charge in [0.05, 0.1) is 7.11 Å². The molecule has 31 heavy (non-hydrogen) atoms. The lowest BCUT2D eigenvalue weighted by molar-refractivity contribution is -0.148. The number of methoxy groups -OCH3 is 1. The summed E-state index contributed by atoms with van der Waals surface area (Å²) in [4.78, 5) is 33.8. The van der Waals surface area contributed by atoms with Crippen LogP contribution in [0.3, 0.4) is 0 Å². The minimum absolute atomic E-state index is 0.0922. The highest BCUT2D eigenvalue weighted by Crippen LogP contribution is 2.30. The molecule has 6 nitrogen and oxygen atoms in total. The minimum Gasteiger partial charge on any atom is -0.468 e. The summed E-state index contributed by atoms with van der Waals surface area (Å²) in [5.41, 5.74) is 2.16. The van der Waals surface area contributed by atoms with E-state index in [1.807, 2.05) is 53.4 Å². The second kappa shape index (κ2) is 9.60. The molecular formula is C23H22ClN3O3S.